The van der Waals surface area contributed by atoms with Crippen LogP contribution in [0.2, 0.25) is 5.02 Å². The second-order valence-corrected chi connectivity index (χ2v) is 6.93. The van der Waals surface area contributed by atoms with E-state index in [9.17, 15) is 0 Å². The van der Waals surface area contributed by atoms with E-state index in [2.05, 4.69) is 23.3 Å². The van der Waals surface area contributed by atoms with Crippen molar-refractivity contribution in [3.8, 4) is 22.3 Å². The summed E-state index contributed by atoms with van der Waals surface area (Å²) in [5.41, 5.74) is 5.84. The van der Waals surface area contributed by atoms with Gasteiger partial charge in [0.2, 0.25) is 5.55 Å². The molecular formula is C23H15ClN2O2. The molecule has 5 rings (SSSR count). The largest absolute Gasteiger partial charge is 0.464 e. The van der Waals surface area contributed by atoms with E-state index >= 15 is 0 Å². The van der Waals surface area contributed by atoms with Gasteiger partial charge in [0.25, 0.3) is 0 Å². The lowest BCUT2D eigenvalue weighted by Gasteiger charge is -2.07. The molecule has 3 aromatic carbocycles. The van der Waals surface area contributed by atoms with Crippen molar-refractivity contribution in [2.45, 2.75) is 0 Å². The van der Waals surface area contributed by atoms with E-state index in [-0.39, 0.29) is 0 Å². The van der Waals surface area contributed by atoms with E-state index in [1.165, 1.54) is 0 Å². The van der Waals surface area contributed by atoms with Gasteiger partial charge in [-0.3, -0.25) is 0 Å². The third kappa shape index (κ3) is 2.75. The molecule has 136 valence electrons. The van der Waals surface area contributed by atoms with Crippen molar-refractivity contribution in [2.75, 3.05) is 0 Å². The fourth-order valence-electron chi connectivity index (χ4n) is 3.47. The van der Waals surface area contributed by atoms with Crippen molar-refractivity contribution in [1.29, 1.82) is 0 Å². The van der Waals surface area contributed by atoms with Gasteiger partial charge in [-0.25, -0.2) is 0 Å². The summed E-state index contributed by atoms with van der Waals surface area (Å²) in [5, 5.41) is 6.40. The topological polar surface area (TPSA) is 64.7 Å². The molecular weight excluding hydrogens is 372 g/mol. The Hall–Kier alpha value is -3.50. The third-order valence-electron chi connectivity index (χ3n) is 4.82. The minimum atomic E-state index is 0.357. The SMILES string of the molecule is NN=c1cc(-c2ccccc2)c2cc3c(-c4ccc(Cl)cc4)coc3cc2o1. The first kappa shape index (κ1) is 16.7. The number of fused-ring (bicyclic) bond motifs is 2. The third-order valence-corrected chi connectivity index (χ3v) is 5.07. The minimum absolute atomic E-state index is 0.357. The Bertz CT molecular complexity index is 1370. The van der Waals surface area contributed by atoms with E-state index in [4.69, 9.17) is 26.3 Å². The molecule has 0 aliphatic heterocycles. The number of nitrogens with zero attached hydrogens (tertiary/aromatic N) is 1. The Balaban J connectivity index is 1.83. The summed E-state index contributed by atoms with van der Waals surface area (Å²) in [5.74, 6) is 5.49. The number of benzene rings is 3. The van der Waals surface area contributed by atoms with Crippen LogP contribution in [0.5, 0.6) is 0 Å². The number of hydrogen-bond donors (Lipinski definition) is 1. The molecule has 4 nitrogen and oxygen atoms in total. The van der Waals surface area contributed by atoms with Crippen LogP contribution in [0.25, 0.3) is 44.2 Å². The quantitative estimate of drug-likeness (QED) is 0.301. The van der Waals surface area contributed by atoms with E-state index in [1.54, 1.807) is 6.26 Å². The van der Waals surface area contributed by atoms with Crippen molar-refractivity contribution in [3.05, 3.63) is 89.6 Å². The minimum Gasteiger partial charge on any atom is -0.464 e. The van der Waals surface area contributed by atoms with Gasteiger partial charge in [0.15, 0.2) is 0 Å². The molecule has 2 aromatic heterocycles. The molecule has 0 saturated carbocycles. The molecule has 5 heteroatoms. The summed E-state index contributed by atoms with van der Waals surface area (Å²) >= 11 is 6.03. The molecule has 0 saturated heterocycles. The summed E-state index contributed by atoms with van der Waals surface area (Å²) < 4.78 is 11.6. The first-order chi connectivity index (χ1) is 13.7. The maximum absolute atomic E-state index is 6.03. The van der Waals surface area contributed by atoms with Crippen molar-refractivity contribution in [1.82, 2.24) is 0 Å². The number of furan rings is 1. The highest BCUT2D eigenvalue weighted by molar-refractivity contribution is 6.30. The maximum Gasteiger partial charge on any atom is 0.236 e. The van der Waals surface area contributed by atoms with Crippen LogP contribution in [0.1, 0.15) is 0 Å². The fraction of sp³-hybridized carbons (Fsp3) is 0. The lowest BCUT2D eigenvalue weighted by atomic mass is 9.98. The summed E-state index contributed by atoms with van der Waals surface area (Å²) in [7, 11) is 0. The zero-order chi connectivity index (χ0) is 19.1. The molecule has 28 heavy (non-hydrogen) atoms. The molecule has 0 spiro atoms. The van der Waals surface area contributed by atoms with Crippen LogP contribution in [-0.2, 0) is 0 Å². The Kier molecular flexibility index (Phi) is 3.92. The Labute approximate surface area is 165 Å². The highest BCUT2D eigenvalue weighted by Crippen LogP contribution is 2.36. The molecule has 0 aliphatic carbocycles. The summed E-state index contributed by atoms with van der Waals surface area (Å²) in [6.45, 7) is 0. The van der Waals surface area contributed by atoms with Crippen LogP contribution in [-0.4, -0.2) is 0 Å². The molecule has 2 heterocycles. The van der Waals surface area contributed by atoms with Crippen molar-refractivity contribution >= 4 is 33.5 Å². The van der Waals surface area contributed by atoms with E-state index in [1.807, 2.05) is 54.6 Å². The Morgan fingerprint density at radius 1 is 0.750 bits per heavy atom. The van der Waals surface area contributed by atoms with Crippen molar-refractivity contribution in [2.24, 2.45) is 10.9 Å². The Morgan fingerprint density at radius 2 is 1.46 bits per heavy atom. The summed E-state index contributed by atoms with van der Waals surface area (Å²) in [6, 6.07) is 23.6. The molecule has 2 N–H and O–H groups in total. The smallest absolute Gasteiger partial charge is 0.236 e. The number of nitrogens with two attached hydrogens (primary N) is 1. The van der Waals surface area contributed by atoms with Crippen LogP contribution >= 0.6 is 11.6 Å². The van der Waals surface area contributed by atoms with E-state index < -0.39 is 0 Å². The summed E-state index contributed by atoms with van der Waals surface area (Å²) in [4.78, 5) is 0. The predicted molar refractivity (Wildman–Crippen MR) is 112 cm³/mol. The zero-order valence-corrected chi connectivity index (χ0v) is 15.5. The normalized spacial score (nSPS) is 12.1. The second kappa shape index (κ2) is 6.59. The average molecular weight is 387 g/mol. The van der Waals surface area contributed by atoms with Crippen molar-refractivity contribution in [3.63, 3.8) is 0 Å². The second-order valence-electron chi connectivity index (χ2n) is 6.49. The van der Waals surface area contributed by atoms with Gasteiger partial charge in [-0.2, -0.15) is 0 Å². The van der Waals surface area contributed by atoms with Crippen LogP contribution in [0.15, 0.2) is 93.0 Å². The lowest BCUT2D eigenvalue weighted by Crippen LogP contribution is -2.05. The average Bonchev–Trinajstić information content (AvgIpc) is 3.15. The Morgan fingerprint density at radius 3 is 2.21 bits per heavy atom. The van der Waals surface area contributed by atoms with Gasteiger partial charge >= 0.3 is 0 Å². The lowest BCUT2D eigenvalue weighted by molar-refractivity contribution is 0.536. The fourth-order valence-corrected chi connectivity index (χ4v) is 3.59. The van der Waals surface area contributed by atoms with E-state index in [0.29, 0.717) is 16.2 Å². The number of hydrogen-bond acceptors (Lipinski definition) is 4. The van der Waals surface area contributed by atoms with Crippen molar-refractivity contribution < 1.29 is 8.83 Å². The first-order valence-electron chi connectivity index (χ1n) is 8.77. The highest BCUT2D eigenvalue weighted by Gasteiger charge is 2.14. The van der Waals surface area contributed by atoms with Gasteiger partial charge in [0.05, 0.1) is 6.26 Å². The van der Waals surface area contributed by atoms with Gasteiger partial charge in [0, 0.05) is 33.5 Å². The molecule has 5 aromatic rings. The predicted octanol–water partition coefficient (Wildman–Crippen LogP) is 5.94. The van der Waals surface area contributed by atoms with Gasteiger partial charge in [-0.05, 0) is 34.9 Å². The van der Waals surface area contributed by atoms with Gasteiger partial charge in [-0.15, -0.1) is 5.10 Å². The molecule has 0 bridgehead atoms. The van der Waals surface area contributed by atoms with Gasteiger partial charge in [-0.1, -0.05) is 54.1 Å². The number of halogens is 1. The zero-order valence-electron chi connectivity index (χ0n) is 14.7. The van der Waals surface area contributed by atoms with Gasteiger partial charge < -0.3 is 14.7 Å². The molecule has 0 amide bonds. The molecule has 0 fully saturated rings. The first-order valence-corrected chi connectivity index (χ1v) is 9.15. The van der Waals surface area contributed by atoms with Gasteiger partial charge in [0.1, 0.15) is 11.2 Å². The molecule has 0 radical (unpaired) electrons. The monoisotopic (exact) mass is 386 g/mol. The van der Waals surface area contributed by atoms with Crippen LogP contribution in [0.3, 0.4) is 0 Å². The van der Waals surface area contributed by atoms with Crippen LogP contribution < -0.4 is 11.4 Å². The number of rotatable bonds is 2. The maximum atomic E-state index is 6.03. The molecule has 0 aliphatic rings. The highest BCUT2D eigenvalue weighted by atomic mass is 35.5. The standard InChI is InChI=1S/C23H15ClN2O2/c24-16-8-6-15(7-9-16)20-13-27-21-12-22-18(10-19(20)21)17(11-23(26-25)28-22)14-4-2-1-3-5-14/h1-13H,25H2. The van der Waals surface area contributed by atoms with Crippen LogP contribution in [0.4, 0.5) is 0 Å². The molecule has 0 atom stereocenters. The van der Waals surface area contributed by atoms with Crippen LogP contribution in [0, 0.1) is 0 Å². The van der Waals surface area contributed by atoms with E-state index in [0.717, 1.165) is 38.6 Å². The summed E-state index contributed by atoms with van der Waals surface area (Å²) in [6.07, 6.45) is 1.75. The molecule has 0 unspecified atom stereocenters.